The molecule has 0 spiro atoms. The van der Waals surface area contributed by atoms with Crippen LogP contribution in [-0.2, 0) is 17.7 Å². The average Bonchev–Trinajstić information content (AvgIpc) is 2.77. The summed E-state index contributed by atoms with van der Waals surface area (Å²) < 4.78 is 7.46. The van der Waals surface area contributed by atoms with Crippen molar-refractivity contribution in [1.29, 1.82) is 0 Å². The van der Waals surface area contributed by atoms with E-state index in [4.69, 9.17) is 15.6 Å². The topological polar surface area (TPSA) is 73.3 Å². The van der Waals surface area contributed by atoms with Crippen molar-refractivity contribution < 1.29 is 9.84 Å². The fraction of sp³-hybridized carbons (Fsp3) is 0.750. The van der Waals surface area contributed by atoms with Crippen molar-refractivity contribution in [3.8, 4) is 0 Å². The van der Waals surface area contributed by atoms with Gasteiger partial charge in [-0.3, -0.25) is 0 Å². The lowest BCUT2D eigenvalue weighted by Crippen LogP contribution is -2.26. The van der Waals surface area contributed by atoms with Gasteiger partial charge in [-0.25, -0.2) is 4.98 Å². The Morgan fingerprint density at radius 1 is 1.53 bits per heavy atom. The summed E-state index contributed by atoms with van der Waals surface area (Å²) in [5.41, 5.74) is 6.64. The molecule has 0 bridgehead atoms. The Bertz CT molecular complexity index is 334. The highest BCUT2D eigenvalue weighted by Gasteiger charge is 2.14. The van der Waals surface area contributed by atoms with Crippen molar-refractivity contribution in [2.45, 2.75) is 31.8 Å². The zero-order valence-electron chi connectivity index (χ0n) is 10.1. The standard InChI is InChI=1S/C12H21N3O2/c13-11(8-16)5-12-7-15(9-14-12)6-10-1-3-17-4-2-10/h7,9-11,16H,1-6,8,13H2. The lowest BCUT2D eigenvalue weighted by Gasteiger charge is -2.22. The normalized spacial score (nSPS) is 19.4. The number of ether oxygens (including phenoxy) is 1. The molecule has 5 heteroatoms. The summed E-state index contributed by atoms with van der Waals surface area (Å²) in [5.74, 6) is 0.692. The summed E-state index contributed by atoms with van der Waals surface area (Å²) >= 11 is 0. The maximum Gasteiger partial charge on any atom is 0.0949 e. The van der Waals surface area contributed by atoms with E-state index in [9.17, 15) is 0 Å². The van der Waals surface area contributed by atoms with Crippen molar-refractivity contribution in [3.63, 3.8) is 0 Å². The average molecular weight is 239 g/mol. The largest absolute Gasteiger partial charge is 0.395 e. The molecule has 0 aromatic carbocycles. The van der Waals surface area contributed by atoms with Crippen molar-refractivity contribution in [3.05, 3.63) is 18.2 Å². The summed E-state index contributed by atoms with van der Waals surface area (Å²) in [6.45, 7) is 2.76. The van der Waals surface area contributed by atoms with E-state index in [1.807, 2.05) is 12.5 Å². The van der Waals surface area contributed by atoms with Crippen LogP contribution in [0.4, 0.5) is 0 Å². The predicted octanol–water partition coefficient (Wildman–Crippen LogP) is 0.172. The molecule has 1 aliphatic rings. The maximum atomic E-state index is 8.89. The van der Waals surface area contributed by atoms with Gasteiger partial charge in [-0.2, -0.15) is 0 Å². The van der Waals surface area contributed by atoms with E-state index >= 15 is 0 Å². The second-order valence-corrected chi connectivity index (χ2v) is 4.76. The van der Waals surface area contributed by atoms with Crippen molar-refractivity contribution in [2.75, 3.05) is 19.8 Å². The van der Waals surface area contributed by atoms with Crippen LogP contribution in [0.25, 0.3) is 0 Å². The molecule has 5 nitrogen and oxygen atoms in total. The lowest BCUT2D eigenvalue weighted by atomic mass is 10.0. The van der Waals surface area contributed by atoms with Crippen molar-refractivity contribution in [2.24, 2.45) is 11.7 Å². The molecule has 0 aliphatic carbocycles. The van der Waals surface area contributed by atoms with Gasteiger partial charge in [0, 0.05) is 38.4 Å². The summed E-state index contributed by atoms with van der Waals surface area (Å²) in [7, 11) is 0. The SMILES string of the molecule is NC(CO)Cc1cn(CC2CCOCC2)cn1. The van der Waals surface area contributed by atoms with E-state index in [1.165, 1.54) is 0 Å². The molecule has 0 radical (unpaired) electrons. The van der Waals surface area contributed by atoms with Gasteiger partial charge in [-0.05, 0) is 18.8 Å². The van der Waals surface area contributed by atoms with Gasteiger partial charge in [0.25, 0.3) is 0 Å². The number of aliphatic hydroxyl groups is 1. The Balaban J connectivity index is 1.84. The molecule has 0 amide bonds. The third kappa shape index (κ3) is 3.80. The third-order valence-electron chi connectivity index (χ3n) is 3.20. The molecule has 1 unspecified atom stereocenters. The molecule has 0 saturated carbocycles. The van der Waals surface area contributed by atoms with E-state index in [0.717, 1.165) is 38.3 Å². The molecule has 1 saturated heterocycles. The molecular weight excluding hydrogens is 218 g/mol. The Morgan fingerprint density at radius 3 is 3.00 bits per heavy atom. The summed E-state index contributed by atoms with van der Waals surface area (Å²) in [6.07, 6.45) is 6.78. The fourth-order valence-corrected chi connectivity index (χ4v) is 2.17. The number of imidazole rings is 1. The highest BCUT2D eigenvalue weighted by atomic mass is 16.5. The van der Waals surface area contributed by atoms with Crippen molar-refractivity contribution in [1.82, 2.24) is 9.55 Å². The molecule has 1 aromatic heterocycles. The minimum absolute atomic E-state index is 0.00677. The van der Waals surface area contributed by atoms with Crippen LogP contribution in [0.5, 0.6) is 0 Å². The Hall–Kier alpha value is -0.910. The molecule has 3 N–H and O–H groups in total. The number of aliphatic hydroxyl groups excluding tert-OH is 1. The molecule has 2 heterocycles. The van der Waals surface area contributed by atoms with Crippen LogP contribution in [0.15, 0.2) is 12.5 Å². The number of hydrogen-bond acceptors (Lipinski definition) is 4. The number of rotatable bonds is 5. The van der Waals surface area contributed by atoms with Crippen LogP contribution in [0.3, 0.4) is 0 Å². The summed E-state index contributed by atoms with van der Waals surface area (Å²) in [5, 5.41) is 8.89. The first-order chi connectivity index (χ1) is 8.28. The van der Waals surface area contributed by atoms with Gasteiger partial charge in [0.2, 0.25) is 0 Å². The second kappa shape index (κ2) is 6.14. The van der Waals surface area contributed by atoms with Gasteiger partial charge in [-0.15, -0.1) is 0 Å². The number of aromatic nitrogens is 2. The van der Waals surface area contributed by atoms with Crippen LogP contribution in [0.2, 0.25) is 0 Å². The predicted molar refractivity (Wildman–Crippen MR) is 64.5 cm³/mol. The van der Waals surface area contributed by atoms with Crippen LogP contribution in [0, 0.1) is 5.92 Å². The van der Waals surface area contributed by atoms with E-state index in [0.29, 0.717) is 12.3 Å². The smallest absolute Gasteiger partial charge is 0.0949 e. The molecular formula is C12H21N3O2. The highest BCUT2D eigenvalue weighted by molar-refractivity contribution is 4.99. The third-order valence-corrected chi connectivity index (χ3v) is 3.20. The Morgan fingerprint density at radius 2 is 2.29 bits per heavy atom. The van der Waals surface area contributed by atoms with Crippen molar-refractivity contribution >= 4 is 0 Å². The fourth-order valence-electron chi connectivity index (χ4n) is 2.17. The van der Waals surface area contributed by atoms with Crippen LogP contribution < -0.4 is 5.73 Å². The maximum absolute atomic E-state index is 8.89. The Kier molecular flexibility index (Phi) is 4.53. The first-order valence-corrected chi connectivity index (χ1v) is 6.22. The van der Waals surface area contributed by atoms with Crippen LogP contribution in [-0.4, -0.2) is 40.5 Å². The van der Waals surface area contributed by atoms with Gasteiger partial charge in [0.15, 0.2) is 0 Å². The first kappa shape index (κ1) is 12.5. The van der Waals surface area contributed by atoms with E-state index in [1.54, 1.807) is 0 Å². The molecule has 1 fully saturated rings. The minimum atomic E-state index is -0.207. The van der Waals surface area contributed by atoms with Gasteiger partial charge in [0.1, 0.15) is 0 Å². The Labute approximate surface area is 102 Å². The molecule has 96 valence electrons. The quantitative estimate of drug-likeness (QED) is 0.768. The van der Waals surface area contributed by atoms with Gasteiger partial charge < -0.3 is 20.1 Å². The zero-order chi connectivity index (χ0) is 12.1. The molecule has 1 aromatic rings. The molecule has 1 atom stereocenters. The van der Waals surface area contributed by atoms with E-state index < -0.39 is 0 Å². The molecule has 2 rings (SSSR count). The second-order valence-electron chi connectivity index (χ2n) is 4.76. The number of nitrogens with two attached hydrogens (primary N) is 1. The van der Waals surface area contributed by atoms with Gasteiger partial charge in [0.05, 0.1) is 18.6 Å². The first-order valence-electron chi connectivity index (χ1n) is 6.22. The monoisotopic (exact) mass is 239 g/mol. The molecule has 1 aliphatic heterocycles. The zero-order valence-corrected chi connectivity index (χ0v) is 10.1. The van der Waals surface area contributed by atoms with E-state index in [-0.39, 0.29) is 12.6 Å². The minimum Gasteiger partial charge on any atom is -0.395 e. The summed E-state index contributed by atoms with van der Waals surface area (Å²) in [6, 6.07) is -0.207. The van der Waals surface area contributed by atoms with Gasteiger partial charge >= 0.3 is 0 Å². The van der Waals surface area contributed by atoms with Crippen LogP contribution in [0.1, 0.15) is 18.5 Å². The highest BCUT2D eigenvalue weighted by Crippen LogP contribution is 2.17. The summed E-state index contributed by atoms with van der Waals surface area (Å²) in [4.78, 5) is 4.31. The molecule has 17 heavy (non-hydrogen) atoms. The number of nitrogens with zero attached hydrogens (tertiary/aromatic N) is 2. The van der Waals surface area contributed by atoms with Crippen LogP contribution >= 0.6 is 0 Å². The van der Waals surface area contributed by atoms with Gasteiger partial charge in [-0.1, -0.05) is 0 Å². The lowest BCUT2D eigenvalue weighted by molar-refractivity contribution is 0.0612. The van der Waals surface area contributed by atoms with E-state index in [2.05, 4.69) is 9.55 Å². The number of hydrogen-bond donors (Lipinski definition) is 2.